The molecule has 0 aromatic heterocycles. The van der Waals surface area contributed by atoms with E-state index in [2.05, 4.69) is 0 Å². The van der Waals surface area contributed by atoms with E-state index in [1.165, 1.54) is 0 Å². The molecule has 2 aliphatic carbocycles. The van der Waals surface area contributed by atoms with Gasteiger partial charge in [0, 0.05) is 0 Å². The Morgan fingerprint density at radius 1 is 0.688 bits per heavy atom. The summed E-state index contributed by atoms with van der Waals surface area (Å²) in [5.41, 5.74) is 3.39. The molecule has 16 heavy (non-hydrogen) atoms. The summed E-state index contributed by atoms with van der Waals surface area (Å²) in [5, 5.41) is 0. The Morgan fingerprint density at radius 3 is 1.38 bits per heavy atom. The highest BCUT2D eigenvalue weighted by Crippen LogP contribution is 2.22. The Morgan fingerprint density at radius 2 is 1.06 bits per heavy atom. The molecular weight excluding hydrogens is 200 g/mol. The van der Waals surface area contributed by atoms with Crippen LogP contribution in [0.4, 0.5) is 0 Å². The average Bonchev–Trinajstić information content (AvgIpc) is 2.26. The van der Waals surface area contributed by atoms with E-state index < -0.39 is 0 Å². The Kier molecular flexibility index (Phi) is 2.57. The van der Waals surface area contributed by atoms with Gasteiger partial charge in [-0.3, -0.25) is 9.59 Å². The zero-order valence-corrected chi connectivity index (χ0v) is 9.28. The SMILES string of the molecule is CC1=C/C(=C2\C=CC(=O)C(C)=C2)C=CC1=O. The van der Waals surface area contributed by atoms with Gasteiger partial charge < -0.3 is 0 Å². The molecule has 0 fully saturated rings. The van der Waals surface area contributed by atoms with E-state index in [4.69, 9.17) is 0 Å². The molecule has 0 saturated heterocycles. The van der Waals surface area contributed by atoms with Crippen LogP contribution in [0.2, 0.25) is 0 Å². The summed E-state index contributed by atoms with van der Waals surface area (Å²) in [5.74, 6) is 0.0850. The maximum Gasteiger partial charge on any atom is 0.181 e. The van der Waals surface area contributed by atoms with E-state index in [0.717, 1.165) is 22.3 Å². The molecule has 0 bridgehead atoms. The highest BCUT2D eigenvalue weighted by molar-refractivity contribution is 6.07. The third kappa shape index (κ3) is 1.87. The van der Waals surface area contributed by atoms with Gasteiger partial charge >= 0.3 is 0 Å². The number of hydrogen-bond acceptors (Lipinski definition) is 2. The van der Waals surface area contributed by atoms with Gasteiger partial charge in [-0.15, -0.1) is 0 Å². The standard InChI is InChI=1S/C14H12O2/c1-9-7-11(3-5-13(9)15)12-4-6-14(16)10(2)8-12/h3-8H,1-2H3/b12-11+. The van der Waals surface area contributed by atoms with Crippen molar-refractivity contribution in [1.82, 2.24) is 0 Å². The zero-order valence-electron chi connectivity index (χ0n) is 9.28. The van der Waals surface area contributed by atoms with Crippen LogP contribution < -0.4 is 0 Å². The maximum atomic E-state index is 11.3. The minimum Gasteiger partial charge on any atom is -0.290 e. The zero-order chi connectivity index (χ0) is 11.7. The predicted molar refractivity (Wildman–Crippen MR) is 62.8 cm³/mol. The fourth-order valence-electron chi connectivity index (χ4n) is 1.66. The van der Waals surface area contributed by atoms with Crippen LogP contribution in [-0.2, 0) is 9.59 Å². The Hall–Kier alpha value is -1.96. The lowest BCUT2D eigenvalue weighted by Gasteiger charge is -2.10. The number of carbonyl (C=O) groups is 2. The van der Waals surface area contributed by atoms with Gasteiger partial charge in [0.1, 0.15) is 0 Å². The van der Waals surface area contributed by atoms with Crippen molar-refractivity contribution in [3.05, 3.63) is 58.7 Å². The van der Waals surface area contributed by atoms with Crippen LogP contribution in [0.25, 0.3) is 0 Å². The summed E-state index contributed by atoms with van der Waals surface area (Å²) in [6.07, 6.45) is 10.4. The molecule has 0 amide bonds. The second kappa shape index (κ2) is 3.89. The highest BCUT2D eigenvalue weighted by Gasteiger charge is 2.11. The van der Waals surface area contributed by atoms with Crippen LogP contribution in [0.1, 0.15) is 13.8 Å². The Labute approximate surface area is 94.3 Å². The summed E-state index contributed by atoms with van der Waals surface area (Å²) >= 11 is 0. The normalized spacial score (nSPS) is 24.6. The van der Waals surface area contributed by atoms with Gasteiger partial charge in [-0.1, -0.05) is 12.2 Å². The summed E-state index contributed by atoms with van der Waals surface area (Å²) in [7, 11) is 0. The molecule has 2 nitrogen and oxygen atoms in total. The smallest absolute Gasteiger partial charge is 0.181 e. The fraction of sp³-hybridized carbons (Fsp3) is 0.143. The Bertz CT molecular complexity index is 475. The van der Waals surface area contributed by atoms with Crippen molar-refractivity contribution >= 4 is 11.6 Å². The van der Waals surface area contributed by atoms with E-state index >= 15 is 0 Å². The first-order valence-electron chi connectivity index (χ1n) is 5.13. The van der Waals surface area contributed by atoms with E-state index in [1.54, 1.807) is 38.2 Å². The quantitative estimate of drug-likeness (QED) is 0.618. The molecule has 0 radical (unpaired) electrons. The van der Waals surface area contributed by atoms with Crippen molar-refractivity contribution < 1.29 is 9.59 Å². The van der Waals surface area contributed by atoms with Crippen molar-refractivity contribution in [1.29, 1.82) is 0 Å². The molecule has 0 unspecified atom stereocenters. The lowest BCUT2D eigenvalue weighted by Crippen LogP contribution is -2.04. The molecule has 0 saturated carbocycles. The molecule has 2 aliphatic rings. The second-order valence-corrected chi connectivity index (χ2v) is 3.96. The van der Waals surface area contributed by atoms with E-state index in [1.807, 2.05) is 12.2 Å². The van der Waals surface area contributed by atoms with Crippen LogP contribution in [0, 0.1) is 0 Å². The van der Waals surface area contributed by atoms with Crippen molar-refractivity contribution in [2.45, 2.75) is 13.8 Å². The molecule has 2 rings (SSSR count). The number of allylic oxidation sites excluding steroid dienone is 10. The summed E-state index contributed by atoms with van der Waals surface area (Å²) in [4.78, 5) is 22.5. The number of rotatable bonds is 0. The first kappa shape index (κ1) is 10.6. The van der Waals surface area contributed by atoms with Crippen LogP contribution in [0.3, 0.4) is 0 Å². The number of ketones is 2. The van der Waals surface area contributed by atoms with Gasteiger partial charge in [0.15, 0.2) is 11.6 Å². The van der Waals surface area contributed by atoms with Crippen molar-refractivity contribution in [3.8, 4) is 0 Å². The van der Waals surface area contributed by atoms with Crippen LogP contribution in [-0.4, -0.2) is 11.6 Å². The van der Waals surface area contributed by atoms with Crippen molar-refractivity contribution in [2.24, 2.45) is 0 Å². The summed E-state index contributed by atoms with van der Waals surface area (Å²) in [6, 6.07) is 0. The third-order valence-electron chi connectivity index (χ3n) is 2.68. The Balaban J connectivity index is 2.46. The molecule has 0 aromatic rings. The van der Waals surface area contributed by atoms with Crippen molar-refractivity contribution in [2.75, 3.05) is 0 Å². The van der Waals surface area contributed by atoms with Gasteiger partial charge in [-0.25, -0.2) is 0 Å². The summed E-state index contributed by atoms with van der Waals surface area (Å²) < 4.78 is 0. The molecule has 0 spiro atoms. The number of hydrogen-bond donors (Lipinski definition) is 0. The fourth-order valence-corrected chi connectivity index (χ4v) is 1.66. The topological polar surface area (TPSA) is 34.1 Å². The second-order valence-electron chi connectivity index (χ2n) is 3.96. The van der Waals surface area contributed by atoms with Crippen molar-refractivity contribution in [3.63, 3.8) is 0 Å². The minimum atomic E-state index is 0.0425. The molecular formula is C14H12O2. The average molecular weight is 212 g/mol. The number of carbonyl (C=O) groups excluding carboxylic acids is 2. The van der Waals surface area contributed by atoms with Gasteiger partial charge in [0.25, 0.3) is 0 Å². The molecule has 0 aliphatic heterocycles. The molecule has 0 atom stereocenters. The van der Waals surface area contributed by atoms with Crippen LogP contribution in [0.5, 0.6) is 0 Å². The monoisotopic (exact) mass is 212 g/mol. The highest BCUT2D eigenvalue weighted by atomic mass is 16.1. The third-order valence-corrected chi connectivity index (χ3v) is 2.68. The molecule has 0 heterocycles. The lowest BCUT2D eigenvalue weighted by molar-refractivity contribution is -0.112. The maximum absolute atomic E-state index is 11.3. The molecule has 2 heteroatoms. The van der Waals surface area contributed by atoms with Gasteiger partial charge in [0.2, 0.25) is 0 Å². The van der Waals surface area contributed by atoms with Crippen LogP contribution >= 0.6 is 0 Å². The first-order chi connectivity index (χ1) is 7.58. The van der Waals surface area contributed by atoms with E-state index in [-0.39, 0.29) is 11.6 Å². The predicted octanol–water partition coefficient (Wildman–Crippen LogP) is 2.45. The lowest BCUT2D eigenvalue weighted by atomic mass is 9.93. The first-order valence-corrected chi connectivity index (χ1v) is 5.13. The molecule has 0 aromatic carbocycles. The summed E-state index contributed by atoms with van der Waals surface area (Å²) in [6.45, 7) is 3.58. The molecule has 80 valence electrons. The van der Waals surface area contributed by atoms with Crippen LogP contribution in [0.15, 0.2) is 58.7 Å². The van der Waals surface area contributed by atoms with E-state index in [0.29, 0.717) is 0 Å². The van der Waals surface area contributed by atoms with E-state index in [9.17, 15) is 9.59 Å². The van der Waals surface area contributed by atoms with Gasteiger partial charge in [0.05, 0.1) is 0 Å². The molecule has 0 N–H and O–H groups in total. The van der Waals surface area contributed by atoms with Gasteiger partial charge in [-0.2, -0.15) is 0 Å². The van der Waals surface area contributed by atoms with Gasteiger partial charge in [-0.05, 0) is 60.4 Å². The largest absolute Gasteiger partial charge is 0.290 e. The minimum absolute atomic E-state index is 0.0425.